The van der Waals surface area contributed by atoms with Crippen molar-refractivity contribution in [3.63, 3.8) is 0 Å². The summed E-state index contributed by atoms with van der Waals surface area (Å²) in [7, 11) is 0. The van der Waals surface area contributed by atoms with Gasteiger partial charge in [-0.2, -0.15) is 0 Å². The molecule has 1 N–H and O–H groups in total. The molecule has 0 atom stereocenters. The predicted molar refractivity (Wildman–Crippen MR) is 85.5 cm³/mol. The van der Waals surface area contributed by atoms with Gasteiger partial charge in [0.15, 0.2) is 0 Å². The number of amides is 1. The molecule has 2 aromatic carbocycles. The van der Waals surface area contributed by atoms with Gasteiger partial charge in [0.05, 0.1) is 17.6 Å². The summed E-state index contributed by atoms with van der Waals surface area (Å²) < 4.78 is 0. The zero-order valence-corrected chi connectivity index (χ0v) is 12.0. The van der Waals surface area contributed by atoms with E-state index in [-0.39, 0.29) is 12.3 Å². The molecule has 1 aromatic heterocycles. The predicted octanol–water partition coefficient (Wildman–Crippen LogP) is 4.07. The number of nitrogens with zero attached hydrogens (tertiary/aromatic N) is 1. The van der Waals surface area contributed by atoms with Crippen molar-refractivity contribution in [1.82, 2.24) is 4.98 Å². The van der Waals surface area contributed by atoms with Crippen LogP contribution in [0.25, 0.3) is 10.9 Å². The zero-order valence-electron chi connectivity index (χ0n) is 11.2. The highest BCUT2D eigenvalue weighted by Crippen LogP contribution is 2.21. The highest BCUT2D eigenvalue weighted by atomic mass is 35.5. The number of pyridine rings is 1. The number of halogens is 1. The Kier molecular flexibility index (Phi) is 3.84. The van der Waals surface area contributed by atoms with Gasteiger partial charge in [-0.15, -0.1) is 0 Å². The molecular weight excluding hydrogens is 284 g/mol. The van der Waals surface area contributed by atoms with Gasteiger partial charge in [0.1, 0.15) is 0 Å². The average molecular weight is 297 g/mol. The van der Waals surface area contributed by atoms with E-state index in [1.165, 1.54) is 0 Å². The first-order chi connectivity index (χ1) is 10.2. The van der Waals surface area contributed by atoms with Gasteiger partial charge in [-0.05, 0) is 29.8 Å². The first kappa shape index (κ1) is 13.6. The number of aromatic nitrogens is 1. The van der Waals surface area contributed by atoms with Crippen molar-refractivity contribution in [3.05, 3.63) is 71.4 Å². The van der Waals surface area contributed by atoms with E-state index in [0.717, 1.165) is 22.2 Å². The molecule has 3 nitrogen and oxygen atoms in total. The minimum atomic E-state index is -0.0876. The molecule has 0 spiro atoms. The second kappa shape index (κ2) is 5.94. The van der Waals surface area contributed by atoms with Crippen molar-refractivity contribution in [3.8, 4) is 0 Å². The standard InChI is InChI=1S/C17H13ClN2O/c18-14-7-1-4-12(10-14)11-16(21)20-15-8-2-5-13-6-3-9-19-17(13)15/h1-10H,11H2,(H,20,21). The zero-order chi connectivity index (χ0) is 14.7. The Morgan fingerprint density at radius 3 is 2.76 bits per heavy atom. The van der Waals surface area contributed by atoms with Gasteiger partial charge in [-0.25, -0.2) is 0 Å². The van der Waals surface area contributed by atoms with Crippen LogP contribution in [-0.4, -0.2) is 10.9 Å². The van der Waals surface area contributed by atoms with Crippen LogP contribution < -0.4 is 5.32 Å². The second-order valence-corrected chi connectivity index (χ2v) is 5.17. The number of fused-ring (bicyclic) bond motifs is 1. The van der Waals surface area contributed by atoms with Crippen LogP contribution >= 0.6 is 11.6 Å². The van der Waals surface area contributed by atoms with Crippen LogP contribution in [0.15, 0.2) is 60.8 Å². The molecule has 21 heavy (non-hydrogen) atoms. The summed E-state index contributed by atoms with van der Waals surface area (Å²) in [4.78, 5) is 16.5. The van der Waals surface area contributed by atoms with Crippen LogP contribution in [0.1, 0.15) is 5.56 Å². The minimum absolute atomic E-state index is 0.0876. The summed E-state index contributed by atoms with van der Waals surface area (Å²) in [5.41, 5.74) is 2.40. The lowest BCUT2D eigenvalue weighted by Gasteiger charge is -2.08. The Bertz CT molecular complexity index is 796. The van der Waals surface area contributed by atoms with Crippen molar-refractivity contribution in [2.75, 3.05) is 5.32 Å². The number of carbonyl (C=O) groups excluding carboxylic acids is 1. The molecule has 4 heteroatoms. The van der Waals surface area contributed by atoms with E-state index >= 15 is 0 Å². The van der Waals surface area contributed by atoms with E-state index in [1.807, 2.05) is 42.5 Å². The van der Waals surface area contributed by atoms with E-state index in [9.17, 15) is 4.79 Å². The maximum absolute atomic E-state index is 12.2. The van der Waals surface area contributed by atoms with Gasteiger partial charge >= 0.3 is 0 Å². The first-order valence-corrected chi connectivity index (χ1v) is 6.98. The molecule has 3 rings (SSSR count). The fourth-order valence-corrected chi connectivity index (χ4v) is 2.44. The lowest BCUT2D eigenvalue weighted by atomic mass is 10.1. The topological polar surface area (TPSA) is 42.0 Å². The fraction of sp³-hybridized carbons (Fsp3) is 0.0588. The molecule has 104 valence electrons. The molecule has 0 aliphatic heterocycles. The molecule has 0 aliphatic rings. The Hall–Kier alpha value is -2.39. The smallest absolute Gasteiger partial charge is 0.228 e. The minimum Gasteiger partial charge on any atom is -0.324 e. The molecule has 1 heterocycles. The van der Waals surface area contributed by atoms with Crippen molar-refractivity contribution < 1.29 is 4.79 Å². The Morgan fingerprint density at radius 2 is 1.90 bits per heavy atom. The molecular formula is C17H13ClN2O. The molecule has 0 saturated carbocycles. The lowest BCUT2D eigenvalue weighted by molar-refractivity contribution is -0.115. The normalized spacial score (nSPS) is 10.5. The largest absolute Gasteiger partial charge is 0.324 e. The first-order valence-electron chi connectivity index (χ1n) is 6.60. The van der Waals surface area contributed by atoms with Crippen LogP contribution in [0.3, 0.4) is 0 Å². The Morgan fingerprint density at radius 1 is 1.10 bits per heavy atom. The van der Waals surface area contributed by atoms with Gasteiger partial charge in [0.25, 0.3) is 0 Å². The molecule has 0 saturated heterocycles. The molecule has 0 unspecified atom stereocenters. The molecule has 3 aromatic rings. The van der Waals surface area contributed by atoms with Gasteiger partial charge in [0.2, 0.25) is 5.91 Å². The average Bonchev–Trinajstić information content (AvgIpc) is 2.47. The number of anilines is 1. The third kappa shape index (κ3) is 3.20. The van der Waals surface area contributed by atoms with E-state index in [2.05, 4.69) is 10.3 Å². The third-order valence-corrected chi connectivity index (χ3v) is 3.40. The Labute approximate surface area is 127 Å². The quantitative estimate of drug-likeness (QED) is 0.791. The summed E-state index contributed by atoms with van der Waals surface area (Å²) >= 11 is 5.92. The highest BCUT2D eigenvalue weighted by molar-refractivity contribution is 6.30. The number of carbonyl (C=O) groups is 1. The molecule has 0 radical (unpaired) electrons. The number of para-hydroxylation sites is 1. The fourth-order valence-electron chi connectivity index (χ4n) is 2.23. The van der Waals surface area contributed by atoms with E-state index in [4.69, 9.17) is 11.6 Å². The monoisotopic (exact) mass is 296 g/mol. The van der Waals surface area contributed by atoms with Crippen molar-refractivity contribution in [2.45, 2.75) is 6.42 Å². The second-order valence-electron chi connectivity index (χ2n) is 4.74. The molecule has 0 aliphatic carbocycles. The van der Waals surface area contributed by atoms with E-state index < -0.39 is 0 Å². The van der Waals surface area contributed by atoms with Crippen LogP contribution in [-0.2, 0) is 11.2 Å². The summed E-state index contributed by atoms with van der Waals surface area (Å²) in [6, 6.07) is 16.9. The van der Waals surface area contributed by atoms with Crippen molar-refractivity contribution in [1.29, 1.82) is 0 Å². The summed E-state index contributed by atoms with van der Waals surface area (Å²) in [6.07, 6.45) is 2.00. The summed E-state index contributed by atoms with van der Waals surface area (Å²) in [5, 5.41) is 4.54. The maximum atomic E-state index is 12.2. The van der Waals surface area contributed by atoms with E-state index in [1.54, 1.807) is 18.3 Å². The van der Waals surface area contributed by atoms with Crippen molar-refractivity contribution in [2.24, 2.45) is 0 Å². The van der Waals surface area contributed by atoms with Gasteiger partial charge in [-0.1, -0.05) is 41.9 Å². The number of hydrogen-bond acceptors (Lipinski definition) is 2. The number of benzene rings is 2. The van der Waals surface area contributed by atoms with Gasteiger partial charge in [0, 0.05) is 16.6 Å². The molecule has 1 amide bonds. The highest BCUT2D eigenvalue weighted by Gasteiger charge is 2.07. The number of hydrogen-bond donors (Lipinski definition) is 1. The van der Waals surface area contributed by atoms with Crippen LogP contribution in [0.4, 0.5) is 5.69 Å². The number of nitrogens with one attached hydrogen (secondary N) is 1. The van der Waals surface area contributed by atoms with Crippen LogP contribution in [0, 0.1) is 0 Å². The van der Waals surface area contributed by atoms with Crippen LogP contribution in [0.5, 0.6) is 0 Å². The van der Waals surface area contributed by atoms with Gasteiger partial charge in [-0.3, -0.25) is 9.78 Å². The number of rotatable bonds is 3. The third-order valence-electron chi connectivity index (χ3n) is 3.16. The molecule has 0 bridgehead atoms. The van der Waals surface area contributed by atoms with E-state index in [0.29, 0.717) is 5.02 Å². The summed E-state index contributed by atoms with van der Waals surface area (Å²) in [5.74, 6) is -0.0876. The van der Waals surface area contributed by atoms with Crippen LogP contribution in [0.2, 0.25) is 5.02 Å². The van der Waals surface area contributed by atoms with Gasteiger partial charge < -0.3 is 5.32 Å². The Balaban J connectivity index is 1.80. The summed E-state index contributed by atoms with van der Waals surface area (Å²) in [6.45, 7) is 0. The van der Waals surface area contributed by atoms with Crippen molar-refractivity contribution >= 4 is 34.1 Å². The lowest BCUT2D eigenvalue weighted by Crippen LogP contribution is -2.14. The maximum Gasteiger partial charge on any atom is 0.228 e. The molecule has 0 fully saturated rings. The SMILES string of the molecule is O=C(Cc1cccc(Cl)c1)Nc1cccc2cccnc12.